The average Bonchev–Trinajstić information content (AvgIpc) is 2.63. The summed E-state index contributed by atoms with van der Waals surface area (Å²) in [6, 6.07) is 2.07. The summed E-state index contributed by atoms with van der Waals surface area (Å²) in [6.45, 7) is 0. The maximum Gasteiger partial charge on any atom is 0.314 e. The molecule has 2 aliphatic rings. The zero-order chi connectivity index (χ0) is 15.0. The van der Waals surface area contributed by atoms with Gasteiger partial charge in [-0.2, -0.15) is 0 Å². The normalized spacial score (nSPS) is 20.1. The molecule has 3 nitrogen and oxygen atoms in total. The summed E-state index contributed by atoms with van der Waals surface area (Å²) >= 11 is 6.58. The standard InChI is InChI=1S/C17H21ClO3/c1-21-15-13(17(16(19)20)8-5-9-17)10-11-6-3-2-4-7-12(11)14(15)18/h10H,2-9H2,1H3,(H,19,20). The van der Waals surface area contributed by atoms with Crippen molar-refractivity contribution in [1.29, 1.82) is 0 Å². The van der Waals surface area contributed by atoms with Crippen LogP contribution in [0.15, 0.2) is 6.07 Å². The van der Waals surface area contributed by atoms with Gasteiger partial charge in [0.05, 0.1) is 17.5 Å². The summed E-state index contributed by atoms with van der Waals surface area (Å²) in [5.41, 5.74) is 2.38. The summed E-state index contributed by atoms with van der Waals surface area (Å²) in [4.78, 5) is 11.8. The number of halogens is 1. The number of aryl methyl sites for hydroxylation is 1. The molecule has 0 aliphatic heterocycles. The van der Waals surface area contributed by atoms with Crippen LogP contribution in [0.25, 0.3) is 0 Å². The number of fused-ring (bicyclic) bond motifs is 1. The molecule has 0 unspecified atom stereocenters. The highest BCUT2D eigenvalue weighted by molar-refractivity contribution is 6.33. The minimum Gasteiger partial charge on any atom is -0.495 e. The number of rotatable bonds is 3. The highest BCUT2D eigenvalue weighted by Crippen LogP contribution is 2.51. The molecule has 1 aromatic carbocycles. The predicted molar refractivity (Wildman–Crippen MR) is 82.4 cm³/mol. The molecule has 21 heavy (non-hydrogen) atoms. The van der Waals surface area contributed by atoms with Crippen LogP contribution in [0.4, 0.5) is 0 Å². The third-order valence-electron chi connectivity index (χ3n) is 5.12. The van der Waals surface area contributed by atoms with Crippen LogP contribution < -0.4 is 4.74 Å². The molecule has 114 valence electrons. The third kappa shape index (κ3) is 2.22. The first-order valence-corrected chi connectivity index (χ1v) is 8.10. The molecule has 0 saturated heterocycles. The first-order valence-electron chi connectivity index (χ1n) is 7.72. The largest absolute Gasteiger partial charge is 0.495 e. The van der Waals surface area contributed by atoms with Gasteiger partial charge in [0.25, 0.3) is 0 Å². The molecule has 1 fully saturated rings. The smallest absolute Gasteiger partial charge is 0.314 e. The van der Waals surface area contributed by atoms with Gasteiger partial charge in [0, 0.05) is 5.56 Å². The average molecular weight is 309 g/mol. The van der Waals surface area contributed by atoms with E-state index in [9.17, 15) is 9.90 Å². The first kappa shape index (κ1) is 14.7. The quantitative estimate of drug-likeness (QED) is 0.854. The topological polar surface area (TPSA) is 46.5 Å². The van der Waals surface area contributed by atoms with Crippen molar-refractivity contribution in [2.45, 2.75) is 56.8 Å². The van der Waals surface area contributed by atoms with Crippen LogP contribution in [0.3, 0.4) is 0 Å². The molecule has 2 aliphatic carbocycles. The number of carboxylic acid groups (broad SMARTS) is 1. The number of hydrogen-bond acceptors (Lipinski definition) is 2. The zero-order valence-corrected chi connectivity index (χ0v) is 13.1. The van der Waals surface area contributed by atoms with Crippen molar-refractivity contribution < 1.29 is 14.6 Å². The third-order valence-corrected chi connectivity index (χ3v) is 5.52. The highest BCUT2D eigenvalue weighted by Gasteiger charge is 2.48. The summed E-state index contributed by atoms with van der Waals surface area (Å²) < 4.78 is 5.52. The van der Waals surface area contributed by atoms with Crippen LogP contribution in [-0.4, -0.2) is 18.2 Å². The van der Waals surface area contributed by atoms with Gasteiger partial charge in [0.2, 0.25) is 0 Å². The van der Waals surface area contributed by atoms with Crippen molar-refractivity contribution in [1.82, 2.24) is 0 Å². The molecule has 3 rings (SSSR count). The molecule has 0 aromatic heterocycles. The van der Waals surface area contributed by atoms with Gasteiger partial charge in [-0.25, -0.2) is 0 Å². The predicted octanol–water partition coefficient (Wildman–Crippen LogP) is 4.12. The van der Waals surface area contributed by atoms with E-state index < -0.39 is 11.4 Å². The number of benzene rings is 1. The molecule has 1 N–H and O–H groups in total. The Morgan fingerprint density at radius 2 is 1.95 bits per heavy atom. The van der Waals surface area contributed by atoms with Crippen LogP contribution >= 0.6 is 11.6 Å². The Labute approximate surface area is 130 Å². The summed E-state index contributed by atoms with van der Waals surface area (Å²) in [7, 11) is 1.59. The van der Waals surface area contributed by atoms with E-state index in [0.717, 1.165) is 43.2 Å². The van der Waals surface area contributed by atoms with Crippen molar-refractivity contribution in [3.05, 3.63) is 27.8 Å². The van der Waals surface area contributed by atoms with Crippen molar-refractivity contribution in [3.8, 4) is 5.75 Å². The van der Waals surface area contributed by atoms with Gasteiger partial charge in [-0.05, 0) is 49.7 Å². The number of aliphatic carboxylic acids is 1. The molecule has 4 heteroatoms. The molecule has 0 atom stereocenters. The van der Waals surface area contributed by atoms with Gasteiger partial charge in [0.1, 0.15) is 5.75 Å². The van der Waals surface area contributed by atoms with Crippen LogP contribution in [0.1, 0.15) is 55.2 Å². The fourth-order valence-corrected chi connectivity index (χ4v) is 4.09. The first-order chi connectivity index (χ1) is 10.1. The van der Waals surface area contributed by atoms with E-state index in [2.05, 4.69) is 6.07 Å². The number of hydrogen-bond donors (Lipinski definition) is 1. The van der Waals surface area contributed by atoms with Crippen LogP contribution in [-0.2, 0) is 23.1 Å². The SMILES string of the molecule is COc1c(C2(C(=O)O)CCC2)cc2c(c1Cl)CCCCC2. The van der Waals surface area contributed by atoms with Crippen molar-refractivity contribution in [2.24, 2.45) is 0 Å². The summed E-state index contributed by atoms with van der Waals surface area (Å²) in [5.74, 6) is -0.170. The summed E-state index contributed by atoms with van der Waals surface area (Å²) in [5, 5.41) is 10.3. The number of carboxylic acids is 1. The van der Waals surface area contributed by atoms with Crippen molar-refractivity contribution >= 4 is 17.6 Å². The molecule has 0 spiro atoms. The van der Waals surface area contributed by atoms with Gasteiger partial charge >= 0.3 is 5.97 Å². The van der Waals surface area contributed by atoms with Crippen LogP contribution in [0.5, 0.6) is 5.75 Å². The maximum atomic E-state index is 11.8. The Hall–Kier alpha value is -1.22. The molecule has 1 saturated carbocycles. The fraction of sp³-hybridized carbons (Fsp3) is 0.588. The second-order valence-electron chi connectivity index (χ2n) is 6.21. The Bertz CT molecular complexity index is 576. The Kier molecular flexibility index (Phi) is 3.87. The highest BCUT2D eigenvalue weighted by atomic mass is 35.5. The van der Waals surface area contributed by atoms with Gasteiger partial charge in [-0.1, -0.05) is 30.5 Å². The maximum absolute atomic E-state index is 11.8. The van der Waals surface area contributed by atoms with Gasteiger partial charge in [-0.3, -0.25) is 4.79 Å². The van der Waals surface area contributed by atoms with Gasteiger partial charge < -0.3 is 9.84 Å². The van der Waals surface area contributed by atoms with Crippen LogP contribution in [0, 0.1) is 0 Å². The molecular formula is C17H21ClO3. The van der Waals surface area contributed by atoms with Crippen LogP contribution in [0.2, 0.25) is 5.02 Å². The molecule has 0 heterocycles. The number of carbonyl (C=O) groups is 1. The van der Waals surface area contributed by atoms with E-state index in [0.29, 0.717) is 23.6 Å². The lowest BCUT2D eigenvalue weighted by Crippen LogP contribution is -2.42. The second-order valence-corrected chi connectivity index (χ2v) is 6.59. The van der Waals surface area contributed by atoms with E-state index in [1.807, 2.05) is 0 Å². The Morgan fingerprint density at radius 3 is 2.52 bits per heavy atom. The van der Waals surface area contributed by atoms with E-state index in [-0.39, 0.29) is 0 Å². The van der Waals surface area contributed by atoms with E-state index >= 15 is 0 Å². The lowest BCUT2D eigenvalue weighted by Gasteiger charge is -2.39. The molecular weight excluding hydrogens is 288 g/mol. The molecule has 0 amide bonds. The molecule has 1 aromatic rings. The van der Waals surface area contributed by atoms with Crippen molar-refractivity contribution in [2.75, 3.05) is 7.11 Å². The second kappa shape index (κ2) is 5.53. The van der Waals surface area contributed by atoms with E-state index in [1.54, 1.807) is 7.11 Å². The van der Waals surface area contributed by atoms with Crippen molar-refractivity contribution in [3.63, 3.8) is 0 Å². The zero-order valence-electron chi connectivity index (χ0n) is 12.4. The minimum absolute atomic E-state index is 0.583. The molecule has 0 bridgehead atoms. The number of ether oxygens (including phenoxy) is 1. The summed E-state index contributed by atoms with van der Waals surface area (Å²) in [6.07, 6.45) is 7.74. The Balaban J connectivity index is 2.18. The van der Waals surface area contributed by atoms with Gasteiger partial charge in [-0.15, -0.1) is 0 Å². The Morgan fingerprint density at radius 1 is 1.24 bits per heavy atom. The number of methoxy groups -OCH3 is 1. The fourth-order valence-electron chi connectivity index (χ4n) is 3.69. The molecule has 0 radical (unpaired) electrons. The van der Waals surface area contributed by atoms with Gasteiger partial charge in [0.15, 0.2) is 0 Å². The lowest BCUT2D eigenvalue weighted by atomic mass is 9.63. The lowest BCUT2D eigenvalue weighted by molar-refractivity contribution is -0.147. The van der Waals surface area contributed by atoms with E-state index in [4.69, 9.17) is 16.3 Å². The minimum atomic E-state index is -0.795. The monoisotopic (exact) mass is 308 g/mol. The van der Waals surface area contributed by atoms with E-state index in [1.165, 1.54) is 12.0 Å².